The molecule has 1 saturated carbocycles. The van der Waals surface area contributed by atoms with Gasteiger partial charge in [0.05, 0.1) is 6.10 Å². The van der Waals surface area contributed by atoms with Crippen molar-refractivity contribution < 1.29 is 4.74 Å². The molecule has 0 amide bonds. The van der Waals surface area contributed by atoms with E-state index in [-0.39, 0.29) is 5.60 Å². The molecular weight excluding hydrogens is 112 g/mol. The Morgan fingerprint density at radius 2 is 2.44 bits per heavy atom. The highest BCUT2D eigenvalue weighted by Gasteiger charge is 2.55. The van der Waals surface area contributed by atoms with Gasteiger partial charge in [-0.1, -0.05) is 12.3 Å². The Morgan fingerprint density at radius 3 is 3.00 bits per heavy atom. The summed E-state index contributed by atoms with van der Waals surface area (Å²) >= 11 is 0. The molecule has 2 fully saturated rings. The third-order valence-corrected chi connectivity index (χ3v) is 2.32. The van der Waals surface area contributed by atoms with Crippen molar-refractivity contribution in [3.05, 3.63) is 0 Å². The van der Waals surface area contributed by atoms with Crippen LogP contribution < -0.4 is 0 Å². The Hall–Kier alpha value is -0.480. The molecule has 1 aliphatic heterocycles. The fourth-order valence-electron chi connectivity index (χ4n) is 1.65. The molecule has 0 radical (unpaired) electrons. The van der Waals surface area contributed by atoms with E-state index in [0.717, 1.165) is 6.42 Å². The van der Waals surface area contributed by atoms with E-state index in [2.05, 4.69) is 5.92 Å². The summed E-state index contributed by atoms with van der Waals surface area (Å²) in [5.74, 6) is 2.73. The SMILES string of the molecule is C#C[C@]12CCCC[C@H]1O2. The fraction of sp³-hybridized carbons (Fsp3) is 0.750. The first-order valence-electron chi connectivity index (χ1n) is 3.53. The first kappa shape index (κ1) is 5.32. The number of hydrogen-bond donors (Lipinski definition) is 0. The topological polar surface area (TPSA) is 12.5 Å². The van der Waals surface area contributed by atoms with Gasteiger partial charge in [0.1, 0.15) is 0 Å². The van der Waals surface area contributed by atoms with Crippen LogP contribution in [0.1, 0.15) is 25.7 Å². The summed E-state index contributed by atoms with van der Waals surface area (Å²) < 4.78 is 5.38. The monoisotopic (exact) mass is 122 g/mol. The minimum atomic E-state index is -0.0851. The molecule has 9 heavy (non-hydrogen) atoms. The normalized spacial score (nSPS) is 47.2. The lowest BCUT2D eigenvalue weighted by molar-refractivity contribution is 0.336. The Balaban J connectivity index is 2.11. The van der Waals surface area contributed by atoms with Crippen molar-refractivity contribution in [1.29, 1.82) is 0 Å². The maximum atomic E-state index is 5.38. The van der Waals surface area contributed by atoms with Gasteiger partial charge in [0.25, 0.3) is 0 Å². The average molecular weight is 122 g/mol. The van der Waals surface area contributed by atoms with Crippen LogP contribution in [0.2, 0.25) is 0 Å². The second-order valence-electron chi connectivity index (χ2n) is 2.89. The van der Waals surface area contributed by atoms with Gasteiger partial charge in [0.2, 0.25) is 0 Å². The summed E-state index contributed by atoms with van der Waals surface area (Å²) in [5.41, 5.74) is -0.0851. The summed E-state index contributed by atoms with van der Waals surface area (Å²) in [5, 5.41) is 0. The molecule has 48 valence electrons. The second-order valence-corrected chi connectivity index (χ2v) is 2.89. The summed E-state index contributed by atoms with van der Waals surface area (Å²) in [7, 11) is 0. The maximum absolute atomic E-state index is 5.38. The van der Waals surface area contributed by atoms with Crippen molar-refractivity contribution >= 4 is 0 Å². The van der Waals surface area contributed by atoms with Crippen LogP contribution in [-0.4, -0.2) is 11.7 Å². The molecule has 1 saturated heterocycles. The first-order chi connectivity index (χ1) is 4.37. The van der Waals surface area contributed by atoms with Gasteiger partial charge in [-0.25, -0.2) is 0 Å². The molecule has 0 bridgehead atoms. The molecule has 1 heterocycles. The molecule has 2 atom stereocenters. The number of fused-ring (bicyclic) bond motifs is 1. The van der Waals surface area contributed by atoms with Crippen molar-refractivity contribution in [2.45, 2.75) is 37.4 Å². The summed E-state index contributed by atoms with van der Waals surface area (Å²) in [6, 6.07) is 0. The average Bonchev–Trinajstić information content (AvgIpc) is 2.62. The lowest BCUT2D eigenvalue weighted by atomic mass is 9.90. The van der Waals surface area contributed by atoms with E-state index in [1.54, 1.807) is 0 Å². The second kappa shape index (κ2) is 1.52. The number of rotatable bonds is 0. The maximum Gasteiger partial charge on any atom is 0.154 e. The number of terminal acetylenes is 1. The van der Waals surface area contributed by atoms with Crippen LogP contribution in [0.5, 0.6) is 0 Å². The molecule has 0 unspecified atom stereocenters. The molecule has 0 aromatic heterocycles. The largest absolute Gasteiger partial charge is 0.352 e. The van der Waals surface area contributed by atoms with E-state index in [1.165, 1.54) is 19.3 Å². The van der Waals surface area contributed by atoms with Crippen LogP contribution in [0.3, 0.4) is 0 Å². The summed E-state index contributed by atoms with van der Waals surface area (Å²) in [6.45, 7) is 0. The Bertz CT molecular complexity index is 168. The zero-order valence-electron chi connectivity index (χ0n) is 5.39. The van der Waals surface area contributed by atoms with Gasteiger partial charge in [0.15, 0.2) is 5.60 Å². The zero-order valence-corrected chi connectivity index (χ0v) is 5.39. The quantitative estimate of drug-likeness (QED) is 0.349. The molecular formula is C8H10O. The van der Waals surface area contributed by atoms with Crippen LogP contribution in [0.4, 0.5) is 0 Å². The number of epoxide rings is 1. The van der Waals surface area contributed by atoms with E-state index in [9.17, 15) is 0 Å². The van der Waals surface area contributed by atoms with Gasteiger partial charge >= 0.3 is 0 Å². The van der Waals surface area contributed by atoms with Crippen LogP contribution in [0.25, 0.3) is 0 Å². The lowest BCUT2D eigenvalue weighted by Gasteiger charge is -2.09. The predicted octanol–water partition coefficient (Wildman–Crippen LogP) is 1.33. The highest BCUT2D eigenvalue weighted by Crippen LogP contribution is 2.46. The van der Waals surface area contributed by atoms with Crippen molar-refractivity contribution in [3.8, 4) is 12.3 Å². The molecule has 0 aromatic rings. The van der Waals surface area contributed by atoms with Crippen LogP contribution in [0, 0.1) is 12.3 Å². The van der Waals surface area contributed by atoms with E-state index in [4.69, 9.17) is 11.2 Å². The van der Waals surface area contributed by atoms with Gasteiger partial charge in [-0.2, -0.15) is 0 Å². The Kier molecular flexibility index (Phi) is 0.896. The standard InChI is InChI=1S/C8H10O/c1-2-8-6-4-3-5-7(8)9-8/h1,7H,3-6H2/t7-,8+/m1/s1. The highest BCUT2D eigenvalue weighted by molar-refractivity contribution is 5.23. The summed E-state index contributed by atoms with van der Waals surface area (Å²) in [6.07, 6.45) is 10.6. The van der Waals surface area contributed by atoms with Crippen molar-refractivity contribution in [2.75, 3.05) is 0 Å². The van der Waals surface area contributed by atoms with Crippen molar-refractivity contribution in [2.24, 2.45) is 0 Å². The highest BCUT2D eigenvalue weighted by atomic mass is 16.6. The number of hydrogen-bond acceptors (Lipinski definition) is 1. The Morgan fingerprint density at radius 1 is 1.56 bits per heavy atom. The first-order valence-corrected chi connectivity index (χ1v) is 3.53. The molecule has 1 heteroatoms. The fourth-order valence-corrected chi connectivity index (χ4v) is 1.65. The van der Waals surface area contributed by atoms with E-state index < -0.39 is 0 Å². The van der Waals surface area contributed by atoms with Crippen molar-refractivity contribution in [1.82, 2.24) is 0 Å². The third-order valence-electron chi connectivity index (χ3n) is 2.32. The molecule has 0 aromatic carbocycles. The molecule has 0 spiro atoms. The zero-order chi connectivity index (χ0) is 6.32. The lowest BCUT2D eigenvalue weighted by Crippen LogP contribution is -2.16. The number of ether oxygens (including phenoxy) is 1. The van der Waals surface area contributed by atoms with Gasteiger partial charge in [-0.3, -0.25) is 0 Å². The third kappa shape index (κ3) is 0.601. The molecule has 2 rings (SSSR count). The predicted molar refractivity (Wildman–Crippen MR) is 34.9 cm³/mol. The van der Waals surface area contributed by atoms with Crippen molar-refractivity contribution in [3.63, 3.8) is 0 Å². The van der Waals surface area contributed by atoms with E-state index >= 15 is 0 Å². The van der Waals surface area contributed by atoms with Gasteiger partial charge in [-0.05, 0) is 19.3 Å². The minimum absolute atomic E-state index is 0.0851. The van der Waals surface area contributed by atoms with Gasteiger partial charge in [-0.15, -0.1) is 6.42 Å². The van der Waals surface area contributed by atoms with Gasteiger partial charge in [0, 0.05) is 0 Å². The Labute approximate surface area is 55.4 Å². The van der Waals surface area contributed by atoms with Crippen LogP contribution in [-0.2, 0) is 4.74 Å². The van der Waals surface area contributed by atoms with E-state index in [1.807, 2.05) is 0 Å². The molecule has 2 aliphatic rings. The van der Waals surface area contributed by atoms with Gasteiger partial charge < -0.3 is 4.74 Å². The van der Waals surface area contributed by atoms with Crippen LogP contribution >= 0.6 is 0 Å². The molecule has 1 aliphatic carbocycles. The molecule has 1 nitrogen and oxygen atoms in total. The molecule has 0 N–H and O–H groups in total. The summed E-state index contributed by atoms with van der Waals surface area (Å²) in [4.78, 5) is 0. The minimum Gasteiger partial charge on any atom is -0.352 e. The van der Waals surface area contributed by atoms with E-state index in [0.29, 0.717) is 6.10 Å². The smallest absolute Gasteiger partial charge is 0.154 e. The van der Waals surface area contributed by atoms with Crippen LogP contribution in [0.15, 0.2) is 0 Å².